The molecule has 2 aromatic rings. The van der Waals surface area contributed by atoms with Crippen molar-refractivity contribution in [2.75, 3.05) is 7.11 Å². The minimum absolute atomic E-state index is 0.0334. The largest absolute Gasteiger partial charge is 0.465 e. The predicted octanol–water partition coefficient (Wildman–Crippen LogP) is 3.04. The van der Waals surface area contributed by atoms with E-state index in [1.165, 1.54) is 25.3 Å². The van der Waals surface area contributed by atoms with Crippen LogP contribution in [0.25, 0.3) is 11.3 Å². The van der Waals surface area contributed by atoms with Gasteiger partial charge in [0.2, 0.25) is 0 Å². The molecule has 0 spiro atoms. The van der Waals surface area contributed by atoms with Gasteiger partial charge in [-0.25, -0.2) is 4.79 Å². The fourth-order valence-electron chi connectivity index (χ4n) is 1.73. The molecule has 0 unspecified atom stereocenters. The number of carbonyl (C=O) groups is 1. The van der Waals surface area contributed by atoms with Gasteiger partial charge in [-0.2, -0.15) is 8.78 Å². The number of hydrogen-bond donors (Lipinski definition) is 0. The van der Waals surface area contributed by atoms with E-state index in [1.807, 2.05) is 0 Å². The average molecular weight is 283 g/mol. The molecule has 5 nitrogen and oxygen atoms in total. The summed E-state index contributed by atoms with van der Waals surface area (Å²) in [5.74, 6) is -0.361. The van der Waals surface area contributed by atoms with Gasteiger partial charge in [0.15, 0.2) is 0 Å². The molecule has 0 N–H and O–H groups in total. The lowest BCUT2D eigenvalue weighted by molar-refractivity contribution is -0.0498. The van der Waals surface area contributed by atoms with Crippen LogP contribution in [0.2, 0.25) is 0 Å². The molecule has 0 aliphatic carbocycles. The van der Waals surface area contributed by atoms with Crippen LogP contribution in [0.3, 0.4) is 0 Å². The molecule has 0 amide bonds. The smallest absolute Gasteiger partial charge is 0.387 e. The van der Waals surface area contributed by atoms with Crippen molar-refractivity contribution in [2.45, 2.75) is 13.5 Å². The molecule has 7 heteroatoms. The first kappa shape index (κ1) is 14.0. The normalized spacial score (nSPS) is 10.7. The number of alkyl halides is 2. The third-order valence-electron chi connectivity index (χ3n) is 2.58. The number of nitrogens with zero attached hydrogens (tertiary/aromatic N) is 1. The van der Waals surface area contributed by atoms with E-state index in [1.54, 1.807) is 13.0 Å². The van der Waals surface area contributed by atoms with Crippen molar-refractivity contribution in [3.63, 3.8) is 0 Å². The molecule has 106 valence electrons. The molecule has 0 aliphatic heterocycles. The Hall–Kier alpha value is -2.44. The van der Waals surface area contributed by atoms with Gasteiger partial charge in [-0.15, -0.1) is 0 Å². The first-order valence-electron chi connectivity index (χ1n) is 5.62. The van der Waals surface area contributed by atoms with Crippen molar-refractivity contribution in [2.24, 2.45) is 0 Å². The summed E-state index contributed by atoms with van der Waals surface area (Å²) in [6.07, 6.45) is 0. The topological polar surface area (TPSA) is 61.6 Å². The Bertz CT molecular complexity index is 625. The summed E-state index contributed by atoms with van der Waals surface area (Å²) in [6.45, 7) is -1.37. The monoisotopic (exact) mass is 283 g/mol. The molecule has 1 aromatic carbocycles. The zero-order valence-electron chi connectivity index (χ0n) is 10.7. The van der Waals surface area contributed by atoms with E-state index in [2.05, 4.69) is 14.6 Å². The molecule has 0 saturated heterocycles. The van der Waals surface area contributed by atoms with E-state index in [9.17, 15) is 13.6 Å². The number of methoxy groups -OCH3 is 1. The SMILES string of the molecule is COC(=O)c1c(-c2cccc(OC(F)F)c2)noc1C. The molecule has 0 saturated carbocycles. The quantitative estimate of drug-likeness (QED) is 0.807. The fourth-order valence-corrected chi connectivity index (χ4v) is 1.73. The highest BCUT2D eigenvalue weighted by molar-refractivity contribution is 5.97. The summed E-state index contributed by atoms with van der Waals surface area (Å²) in [5, 5.41) is 3.76. The van der Waals surface area contributed by atoms with Crippen molar-refractivity contribution >= 4 is 5.97 Å². The van der Waals surface area contributed by atoms with Crippen molar-refractivity contribution in [1.29, 1.82) is 0 Å². The van der Waals surface area contributed by atoms with Gasteiger partial charge in [0, 0.05) is 5.56 Å². The number of halogens is 2. The minimum atomic E-state index is -2.93. The van der Waals surface area contributed by atoms with Crippen LogP contribution in [0.15, 0.2) is 28.8 Å². The van der Waals surface area contributed by atoms with E-state index in [-0.39, 0.29) is 22.8 Å². The van der Waals surface area contributed by atoms with E-state index < -0.39 is 12.6 Å². The number of rotatable bonds is 4. The van der Waals surface area contributed by atoms with Crippen LogP contribution >= 0.6 is 0 Å². The number of ether oxygens (including phenoxy) is 2. The molecule has 1 aromatic heterocycles. The third-order valence-corrected chi connectivity index (χ3v) is 2.58. The standard InChI is InChI=1S/C13H11F2NO4/c1-7-10(12(17)18-2)11(16-20-7)8-4-3-5-9(6-8)19-13(14)15/h3-6,13H,1-2H3. The van der Waals surface area contributed by atoms with Crippen LogP contribution in [0, 0.1) is 6.92 Å². The van der Waals surface area contributed by atoms with Gasteiger partial charge in [-0.05, 0) is 19.1 Å². The van der Waals surface area contributed by atoms with Gasteiger partial charge < -0.3 is 14.0 Å². The molecular formula is C13H11F2NO4. The Kier molecular flexibility index (Phi) is 3.97. The second-order valence-electron chi connectivity index (χ2n) is 3.86. The lowest BCUT2D eigenvalue weighted by Gasteiger charge is -2.06. The third kappa shape index (κ3) is 2.76. The Morgan fingerprint density at radius 1 is 1.40 bits per heavy atom. The van der Waals surface area contributed by atoms with E-state index >= 15 is 0 Å². The zero-order chi connectivity index (χ0) is 14.7. The van der Waals surface area contributed by atoms with E-state index in [4.69, 9.17) is 4.52 Å². The summed E-state index contributed by atoms with van der Waals surface area (Å²) >= 11 is 0. The lowest BCUT2D eigenvalue weighted by Crippen LogP contribution is -2.04. The first-order chi connectivity index (χ1) is 9.52. The molecule has 2 rings (SSSR count). The highest BCUT2D eigenvalue weighted by Crippen LogP contribution is 2.28. The fraction of sp³-hybridized carbons (Fsp3) is 0.231. The summed E-state index contributed by atoms with van der Waals surface area (Å²) < 4.78 is 38.3. The molecule has 0 aliphatic rings. The summed E-state index contributed by atoms with van der Waals surface area (Å²) in [5.41, 5.74) is 0.788. The van der Waals surface area contributed by atoms with Crippen LogP contribution in [-0.2, 0) is 4.74 Å². The lowest BCUT2D eigenvalue weighted by atomic mass is 10.1. The second-order valence-corrected chi connectivity index (χ2v) is 3.86. The molecular weight excluding hydrogens is 272 g/mol. The molecule has 0 fully saturated rings. The van der Waals surface area contributed by atoms with Gasteiger partial charge in [0.25, 0.3) is 0 Å². The van der Waals surface area contributed by atoms with Gasteiger partial charge in [0.05, 0.1) is 7.11 Å². The van der Waals surface area contributed by atoms with Crippen molar-refractivity contribution in [1.82, 2.24) is 5.16 Å². The van der Waals surface area contributed by atoms with Gasteiger partial charge in [0.1, 0.15) is 22.8 Å². The second kappa shape index (κ2) is 5.68. The number of benzene rings is 1. The summed E-state index contributed by atoms with van der Waals surface area (Å²) in [7, 11) is 1.23. The highest BCUT2D eigenvalue weighted by atomic mass is 19.3. The van der Waals surface area contributed by atoms with Gasteiger partial charge >= 0.3 is 12.6 Å². The number of hydrogen-bond acceptors (Lipinski definition) is 5. The number of aryl methyl sites for hydroxylation is 1. The minimum Gasteiger partial charge on any atom is -0.465 e. The van der Waals surface area contributed by atoms with Crippen LogP contribution < -0.4 is 4.74 Å². The highest BCUT2D eigenvalue weighted by Gasteiger charge is 2.22. The first-order valence-corrected chi connectivity index (χ1v) is 5.62. The molecule has 1 heterocycles. The Balaban J connectivity index is 2.44. The van der Waals surface area contributed by atoms with Crippen LogP contribution in [-0.4, -0.2) is 24.8 Å². The average Bonchev–Trinajstić information content (AvgIpc) is 2.79. The molecule has 0 atom stereocenters. The number of carbonyl (C=O) groups excluding carboxylic acids is 1. The molecule has 0 bridgehead atoms. The van der Waals surface area contributed by atoms with Crippen molar-refractivity contribution in [3.8, 4) is 17.0 Å². The predicted molar refractivity (Wildman–Crippen MR) is 64.6 cm³/mol. The number of aromatic nitrogens is 1. The van der Waals surface area contributed by atoms with E-state index in [0.717, 1.165) is 0 Å². The summed E-state index contributed by atoms with van der Waals surface area (Å²) in [6, 6.07) is 5.83. The van der Waals surface area contributed by atoms with Gasteiger partial charge in [-0.1, -0.05) is 17.3 Å². The van der Waals surface area contributed by atoms with Crippen molar-refractivity contribution in [3.05, 3.63) is 35.6 Å². The Labute approximate surface area is 113 Å². The maximum absolute atomic E-state index is 12.2. The van der Waals surface area contributed by atoms with E-state index in [0.29, 0.717) is 5.56 Å². The summed E-state index contributed by atoms with van der Waals surface area (Å²) in [4.78, 5) is 11.7. The maximum Gasteiger partial charge on any atom is 0.387 e. The van der Waals surface area contributed by atoms with Crippen LogP contribution in [0.4, 0.5) is 8.78 Å². The molecule has 20 heavy (non-hydrogen) atoms. The van der Waals surface area contributed by atoms with Crippen LogP contribution in [0.5, 0.6) is 5.75 Å². The zero-order valence-corrected chi connectivity index (χ0v) is 10.7. The maximum atomic E-state index is 12.2. The van der Waals surface area contributed by atoms with Crippen LogP contribution in [0.1, 0.15) is 16.1 Å². The molecule has 0 radical (unpaired) electrons. The van der Waals surface area contributed by atoms with Gasteiger partial charge in [-0.3, -0.25) is 0 Å². The van der Waals surface area contributed by atoms with Crippen molar-refractivity contribution < 1.29 is 27.6 Å². The number of esters is 1. The Morgan fingerprint density at radius 3 is 2.80 bits per heavy atom. The Morgan fingerprint density at radius 2 is 2.15 bits per heavy atom.